The summed E-state index contributed by atoms with van der Waals surface area (Å²) in [5, 5.41) is 13.1. The Hall–Kier alpha value is -1.88. The second-order valence-electron chi connectivity index (χ2n) is 7.49. The number of likely N-dealkylation sites (tertiary alicyclic amines) is 1. The van der Waals surface area contributed by atoms with Gasteiger partial charge in [-0.1, -0.05) is 25.1 Å². The molecule has 1 aromatic rings. The Balaban J connectivity index is 1.58. The molecule has 0 aromatic heterocycles. The number of hydrogen-bond donors (Lipinski definition) is 2. The van der Waals surface area contributed by atoms with Gasteiger partial charge < -0.3 is 15.3 Å². The van der Waals surface area contributed by atoms with Crippen molar-refractivity contribution in [1.29, 1.82) is 0 Å². The van der Waals surface area contributed by atoms with Crippen LogP contribution in [0, 0.1) is 11.8 Å². The van der Waals surface area contributed by atoms with Crippen LogP contribution in [0.5, 0.6) is 0 Å². The lowest BCUT2D eigenvalue weighted by Crippen LogP contribution is -2.49. The van der Waals surface area contributed by atoms with Crippen LogP contribution >= 0.6 is 0 Å². The first-order valence-corrected chi connectivity index (χ1v) is 9.37. The van der Waals surface area contributed by atoms with Crippen molar-refractivity contribution in [2.75, 3.05) is 13.1 Å². The van der Waals surface area contributed by atoms with Gasteiger partial charge in [-0.25, -0.2) is 0 Å². The Bertz CT molecular complexity index is 604. The van der Waals surface area contributed by atoms with Gasteiger partial charge in [0.05, 0.1) is 12.6 Å². The lowest BCUT2D eigenvalue weighted by molar-refractivity contribution is -0.133. The van der Waals surface area contributed by atoms with Crippen molar-refractivity contribution in [1.82, 2.24) is 10.2 Å². The van der Waals surface area contributed by atoms with Crippen LogP contribution in [0.3, 0.4) is 0 Å². The summed E-state index contributed by atoms with van der Waals surface area (Å²) in [5.41, 5.74) is 0.560. The SMILES string of the molecule is C[C@@H]1CC[C@H](O)[C@@H]([C@H]2CCCN2C(=O)CNC(=O)c2ccccc2)C1. The van der Waals surface area contributed by atoms with Crippen molar-refractivity contribution < 1.29 is 14.7 Å². The Morgan fingerprint density at radius 3 is 2.72 bits per heavy atom. The Morgan fingerprint density at radius 1 is 1.20 bits per heavy atom. The van der Waals surface area contributed by atoms with E-state index in [0.29, 0.717) is 11.5 Å². The predicted molar refractivity (Wildman–Crippen MR) is 96.0 cm³/mol. The molecule has 0 unspecified atom stereocenters. The summed E-state index contributed by atoms with van der Waals surface area (Å²) >= 11 is 0. The summed E-state index contributed by atoms with van der Waals surface area (Å²) < 4.78 is 0. The molecule has 1 aromatic carbocycles. The van der Waals surface area contributed by atoms with Gasteiger partial charge in [-0.3, -0.25) is 9.59 Å². The largest absolute Gasteiger partial charge is 0.393 e. The Morgan fingerprint density at radius 2 is 1.96 bits per heavy atom. The number of benzene rings is 1. The van der Waals surface area contributed by atoms with Gasteiger partial charge in [-0.2, -0.15) is 0 Å². The molecule has 1 heterocycles. The second kappa shape index (κ2) is 8.00. The smallest absolute Gasteiger partial charge is 0.251 e. The third-order valence-corrected chi connectivity index (χ3v) is 5.67. The maximum atomic E-state index is 12.7. The van der Waals surface area contributed by atoms with Gasteiger partial charge in [0.15, 0.2) is 0 Å². The highest BCUT2D eigenvalue weighted by Crippen LogP contribution is 2.37. The molecular weight excluding hydrogens is 316 g/mol. The monoisotopic (exact) mass is 344 g/mol. The van der Waals surface area contributed by atoms with Gasteiger partial charge >= 0.3 is 0 Å². The van der Waals surface area contributed by atoms with Crippen molar-refractivity contribution in [3.63, 3.8) is 0 Å². The van der Waals surface area contributed by atoms with Crippen LogP contribution in [0.4, 0.5) is 0 Å². The van der Waals surface area contributed by atoms with Crippen molar-refractivity contribution >= 4 is 11.8 Å². The first-order chi connectivity index (χ1) is 12.1. The van der Waals surface area contributed by atoms with Crippen LogP contribution in [-0.4, -0.2) is 47.1 Å². The molecule has 5 heteroatoms. The molecule has 0 radical (unpaired) electrons. The zero-order chi connectivity index (χ0) is 17.8. The highest BCUT2D eigenvalue weighted by atomic mass is 16.3. The second-order valence-corrected chi connectivity index (χ2v) is 7.49. The fourth-order valence-electron chi connectivity index (χ4n) is 4.32. The van der Waals surface area contributed by atoms with Crippen molar-refractivity contribution in [3.05, 3.63) is 35.9 Å². The number of carbonyl (C=O) groups excluding carboxylic acids is 2. The van der Waals surface area contributed by atoms with Gasteiger partial charge in [0.25, 0.3) is 5.91 Å². The van der Waals surface area contributed by atoms with E-state index in [-0.39, 0.29) is 36.4 Å². The van der Waals surface area contributed by atoms with Crippen molar-refractivity contribution in [2.45, 2.75) is 51.2 Å². The topological polar surface area (TPSA) is 69.6 Å². The molecule has 5 nitrogen and oxygen atoms in total. The van der Waals surface area contributed by atoms with E-state index in [2.05, 4.69) is 12.2 Å². The lowest BCUT2D eigenvalue weighted by atomic mass is 9.76. The fraction of sp³-hybridized carbons (Fsp3) is 0.600. The first kappa shape index (κ1) is 17.9. The third-order valence-electron chi connectivity index (χ3n) is 5.67. The normalized spacial score (nSPS) is 29.4. The zero-order valence-electron chi connectivity index (χ0n) is 14.9. The van der Waals surface area contributed by atoms with E-state index >= 15 is 0 Å². The van der Waals surface area contributed by atoms with Crippen molar-refractivity contribution in [3.8, 4) is 0 Å². The molecule has 1 saturated carbocycles. The number of aliphatic hydroxyl groups excluding tert-OH is 1. The van der Waals surface area contributed by atoms with Gasteiger partial charge in [0, 0.05) is 24.1 Å². The number of aliphatic hydroxyl groups is 1. The maximum Gasteiger partial charge on any atom is 0.251 e. The molecule has 1 saturated heterocycles. The fourth-order valence-corrected chi connectivity index (χ4v) is 4.32. The molecule has 2 amide bonds. The molecule has 0 bridgehead atoms. The molecule has 1 aliphatic heterocycles. The molecule has 1 aliphatic carbocycles. The van der Waals surface area contributed by atoms with E-state index in [1.807, 2.05) is 11.0 Å². The van der Waals surface area contributed by atoms with Crippen LogP contribution in [0.2, 0.25) is 0 Å². The Kier molecular flexibility index (Phi) is 5.74. The highest BCUT2D eigenvalue weighted by Gasteiger charge is 2.40. The zero-order valence-corrected chi connectivity index (χ0v) is 14.9. The first-order valence-electron chi connectivity index (χ1n) is 9.37. The molecule has 4 atom stereocenters. The summed E-state index contributed by atoms with van der Waals surface area (Å²) in [6.07, 6.45) is 4.48. The number of nitrogens with one attached hydrogen (secondary N) is 1. The minimum atomic E-state index is -0.312. The summed E-state index contributed by atoms with van der Waals surface area (Å²) in [4.78, 5) is 26.7. The summed E-state index contributed by atoms with van der Waals surface area (Å²) in [7, 11) is 0. The average Bonchev–Trinajstić information content (AvgIpc) is 3.11. The van der Waals surface area contributed by atoms with Gasteiger partial charge in [-0.15, -0.1) is 0 Å². The molecule has 2 fully saturated rings. The number of hydrogen-bond acceptors (Lipinski definition) is 3. The number of amides is 2. The number of nitrogens with zero attached hydrogens (tertiary/aromatic N) is 1. The third kappa shape index (κ3) is 4.21. The molecule has 2 aliphatic rings. The van der Waals surface area contributed by atoms with Crippen LogP contribution in [0.25, 0.3) is 0 Å². The minimum Gasteiger partial charge on any atom is -0.393 e. The van der Waals surface area contributed by atoms with Gasteiger partial charge in [0.1, 0.15) is 0 Å². The lowest BCUT2D eigenvalue weighted by Gasteiger charge is -2.39. The molecule has 0 spiro atoms. The summed E-state index contributed by atoms with van der Waals surface area (Å²) in [6, 6.07) is 9.04. The number of rotatable bonds is 4. The van der Waals surface area contributed by atoms with Crippen LogP contribution in [0.1, 0.15) is 49.4 Å². The van der Waals surface area contributed by atoms with Gasteiger partial charge in [0.2, 0.25) is 5.91 Å². The molecule has 25 heavy (non-hydrogen) atoms. The standard InChI is InChI=1S/C20H28N2O3/c1-14-9-10-18(23)16(12-14)17-8-5-11-22(17)19(24)13-21-20(25)15-6-3-2-4-7-15/h2-4,6-7,14,16-18,23H,5,8-13H2,1H3,(H,21,25)/t14-,16-,17-,18+/m1/s1. The van der Waals surface area contributed by atoms with E-state index in [9.17, 15) is 14.7 Å². The van der Waals surface area contributed by atoms with Crippen molar-refractivity contribution in [2.24, 2.45) is 11.8 Å². The minimum absolute atomic E-state index is 0.0165. The van der Waals surface area contributed by atoms with E-state index in [4.69, 9.17) is 0 Å². The van der Waals surface area contributed by atoms with E-state index < -0.39 is 0 Å². The van der Waals surface area contributed by atoms with E-state index in [1.165, 1.54) is 0 Å². The van der Waals surface area contributed by atoms with Gasteiger partial charge in [-0.05, 0) is 50.2 Å². The van der Waals surface area contributed by atoms with Crippen LogP contribution in [-0.2, 0) is 4.79 Å². The Labute approximate surface area is 149 Å². The predicted octanol–water partition coefficient (Wildman–Crippen LogP) is 2.20. The summed E-state index contributed by atoms with van der Waals surface area (Å²) in [6.45, 7) is 2.96. The molecule has 3 rings (SSSR count). The highest BCUT2D eigenvalue weighted by molar-refractivity contribution is 5.96. The maximum absolute atomic E-state index is 12.7. The molecular formula is C20H28N2O3. The quantitative estimate of drug-likeness (QED) is 0.880. The van der Waals surface area contributed by atoms with E-state index in [1.54, 1.807) is 24.3 Å². The molecule has 136 valence electrons. The molecule has 2 N–H and O–H groups in total. The van der Waals surface area contributed by atoms with Crippen LogP contribution < -0.4 is 5.32 Å². The number of carbonyl (C=O) groups is 2. The van der Waals surface area contributed by atoms with E-state index in [0.717, 1.165) is 38.6 Å². The average molecular weight is 344 g/mol. The summed E-state index contributed by atoms with van der Waals surface area (Å²) in [5.74, 6) is 0.497. The van der Waals surface area contributed by atoms with Crippen LogP contribution in [0.15, 0.2) is 30.3 Å².